The number of rotatable bonds is 3. The number of fused-ring (bicyclic) bond motifs is 1. The maximum atomic E-state index is 10.5. The number of halogens is 1. The Morgan fingerprint density at radius 2 is 2.13 bits per heavy atom. The lowest BCUT2D eigenvalue weighted by Gasteiger charge is -2.05. The van der Waals surface area contributed by atoms with E-state index in [1.54, 1.807) is 0 Å². The Bertz CT molecular complexity index is 929. The third-order valence-corrected chi connectivity index (χ3v) is 4.88. The number of allylic oxidation sites excluding steroid dienone is 1. The Kier molecular flexibility index (Phi) is 4.48. The summed E-state index contributed by atoms with van der Waals surface area (Å²) in [5.74, 6) is -0.297. The molecule has 0 bridgehead atoms. The van der Waals surface area contributed by atoms with Crippen molar-refractivity contribution in [1.82, 2.24) is 15.0 Å². The Hall–Kier alpha value is -2.14. The summed E-state index contributed by atoms with van der Waals surface area (Å²) in [4.78, 5) is 12.6. The number of thioether (sulfide) groups is 1. The lowest BCUT2D eigenvalue weighted by molar-refractivity contribution is 0.509. The first-order valence-corrected chi connectivity index (χ1v) is 8.82. The molecule has 0 atom stereocenters. The summed E-state index contributed by atoms with van der Waals surface area (Å²) in [7, 11) is 0. The van der Waals surface area contributed by atoms with E-state index < -0.39 is 0 Å². The van der Waals surface area contributed by atoms with Gasteiger partial charge < -0.3 is 5.11 Å². The second-order valence-corrected chi connectivity index (χ2v) is 6.59. The van der Waals surface area contributed by atoms with Gasteiger partial charge in [-0.2, -0.15) is 5.26 Å². The SMILES string of the molecule is CSc1ncc(Cl)c(/C(O)=C(\C#N)c2nc3ccccc3s2)n1. The molecule has 8 heteroatoms. The van der Waals surface area contributed by atoms with Gasteiger partial charge in [0.2, 0.25) is 0 Å². The number of para-hydroxylation sites is 1. The number of aliphatic hydroxyl groups excluding tert-OH is 1. The average molecular weight is 361 g/mol. The van der Waals surface area contributed by atoms with E-state index in [9.17, 15) is 10.4 Å². The first kappa shape index (κ1) is 15.7. The normalized spacial score (nSPS) is 12.0. The van der Waals surface area contributed by atoms with E-state index in [0.29, 0.717) is 10.2 Å². The number of hydrogen-bond acceptors (Lipinski definition) is 7. The van der Waals surface area contributed by atoms with Gasteiger partial charge in [-0.05, 0) is 18.4 Å². The summed E-state index contributed by atoms with van der Waals surface area (Å²) in [6.45, 7) is 0. The molecule has 5 nitrogen and oxygen atoms in total. The molecule has 2 aromatic heterocycles. The van der Waals surface area contributed by atoms with Crippen LogP contribution in [-0.4, -0.2) is 26.3 Å². The van der Waals surface area contributed by atoms with Crippen LogP contribution in [0.5, 0.6) is 0 Å². The molecule has 0 spiro atoms. The third kappa shape index (κ3) is 3.01. The van der Waals surface area contributed by atoms with E-state index in [1.165, 1.54) is 29.3 Å². The van der Waals surface area contributed by atoms with Crippen LogP contribution >= 0.6 is 34.7 Å². The number of nitrogens with zero attached hydrogens (tertiary/aromatic N) is 4. The largest absolute Gasteiger partial charge is 0.504 e. The number of thiazole rings is 1. The summed E-state index contributed by atoms with van der Waals surface area (Å²) in [5.41, 5.74) is 0.937. The van der Waals surface area contributed by atoms with Crippen molar-refractivity contribution in [1.29, 1.82) is 5.26 Å². The van der Waals surface area contributed by atoms with Gasteiger partial charge in [-0.15, -0.1) is 11.3 Å². The second kappa shape index (κ2) is 6.54. The van der Waals surface area contributed by atoms with Crippen molar-refractivity contribution in [3.05, 3.63) is 46.2 Å². The van der Waals surface area contributed by atoms with Crippen LogP contribution in [-0.2, 0) is 0 Å². The van der Waals surface area contributed by atoms with E-state index in [1.807, 2.05) is 36.6 Å². The Morgan fingerprint density at radius 3 is 2.83 bits per heavy atom. The Balaban J connectivity index is 2.18. The molecule has 0 radical (unpaired) electrons. The fourth-order valence-electron chi connectivity index (χ4n) is 1.91. The lowest BCUT2D eigenvalue weighted by atomic mass is 10.2. The van der Waals surface area contributed by atoms with Crippen molar-refractivity contribution < 1.29 is 5.11 Å². The van der Waals surface area contributed by atoms with Crippen molar-refractivity contribution in [2.45, 2.75) is 5.16 Å². The zero-order valence-corrected chi connectivity index (χ0v) is 14.2. The van der Waals surface area contributed by atoms with Gasteiger partial charge in [0.25, 0.3) is 0 Å². The maximum Gasteiger partial charge on any atom is 0.188 e. The number of nitriles is 1. The summed E-state index contributed by atoms with van der Waals surface area (Å²) in [6, 6.07) is 9.52. The standard InChI is InChI=1S/C15H9ClN4OS2/c1-22-15-18-7-9(16)12(20-15)13(21)8(6-17)14-19-10-4-2-3-5-11(10)23-14/h2-5,7,21H,1H3/b13-8-. The summed E-state index contributed by atoms with van der Waals surface area (Å²) >= 11 is 8.70. The van der Waals surface area contributed by atoms with E-state index in [-0.39, 0.29) is 22.0 Å². The van der Waals surface area contributed by atoms with E-state index >= 15 is 0 Å². The molecule has 114 valence electrons. The molecule has 1 aromatic carbocycles. The van der Waals surface area contributed by atoms with Gasteiger partial charge in [0.15, 0.2) is 10.9 Å². The molecule has 0 aliphatic carbocycles. The predicted molar refractivity (Wildman–Crippen MR) is 93.5 cm³/mol. The molecule has 0 aliphatic heterocycles. The minimum Gasteiger partial charge on any atom is -0.504 e. The van der Waals surface area contributed by atoms with Crippen molar-refractivity contribution in [2.24, 2.45) is 0 Å². The van der Waals surface area contributed by atoms with Crippen molar-refractivity contribution in [2.75, 3.05) is 6.26 Å². The van der Waals surface area contributed by atoms with Crippen molar-refractivity contribution >= 4 is 56.2 Å². The minimum absolute atomic E-state index is 0.0406. The fraction of sp³-hybridized carbons (Fsp3) is 0.0667. The molecule has 0 unspecified atom stereocenters. The smallest absolute Gasteiger partial charge is 0.188 e. The van der Waals surface area contributed by atoms with Gasteiger partial charge >= 0.3 is 0 Å². The van der Waals surface area contributed by atoms with E-state index in [4.69, 9.17) is 11.6 Å². The fourth-order valence-corrected chi connectivity index (χ4v) is 3.40. The molecule has 0 amide bonds. The van der Waals surface area contributed by atoms with E-state index in [2.05, 4.69) is 15.0 Å². The monoisotopic (exact) mass is 360 g/mol. The van der Waals surface area contributed by atoms with Gasteiger partial charge in [0, 0.05) is 0 Å². The van der Waals surface area contributed by atoms with Crippen molar-refractivity contribution in [3.63, 3.8) is 0 Å². The van der Waals surface area contributed by atoms with Crippen LogP contribution in [0.3, 0.4) is 0 Å². The van der Waals surface area contributed by atoms with Gasteiger partial charge in [0.05, 0.1) is 21.4 Å². The predicted octanol–water partition coefficient (Wildman–Crippen LogP) is 4.41. The van der Waals surface area contributed by atoms with Gasteiger partial charge in [-0.25, -0.2) is 15.0 Å². The highest BCUT2D eigenvalue weighted by Crippen LogP contribution is 2.32. The zero-order valence-electron chi connectivity index (χ0n) is 11.8. The van der Waals surface area contributed by atoms with Crippen LogP contribution in [0, 0.1) is 11.3 Å². The summed E-state index contributed by atoms with van der Waals surface area (Å²) < 4.78 is 0.932. The first-order valence-electron chi connectivity index (χ1n) is 6.40. The molecule has 3 rings (SSSR count). The van der Waals surface area contributed by atoms with Gasteiger partial charge in [-0.3, -0.25) is 0 Å². The highest BCUT2D eigenvalue weighted by atomic mass is 35.5. The van der Waals surface area contributed by atoms with Crippen LogP contribution < -0.4 is 0 Å². The van der Waals surface area contributed by atoms with Crippen LogP contribution in [0.15, 0.2) is 35.6 Å². The molecule has 0 saturated heterocycles. The number of aromatic nitrogens is 3. The first-order chi connectivity index (χ1) is 11.1. The molecule has 23 heavy (non-hydrogen) atoms. The molecular weight excluding hydrogens is 352 g/mol. The molecule has 1 N–H and O–H groups in total. The Labute approximate surface area is 145 Å². The highest BCUT2D eigenvalue weighted by molar-refractivity contribution is 7.98. The van der Waals surface area contributed by atoms with Crippen LogP contribution in [0.4, 0.5) is 0 Å². The molecule has 3 aromatic rings. The molecule has 0 aliphatic rings. The maximum absolute atomic E-state index is 10.5. The number of hydrogen-bond donors (Lipinski definition) is 1. The van der Waals surface area contributed by atoms with Crippen LogP contribution in [0.2, 0.25) is 5.02 Å². The summed E-state index contributed by atoms with van der Waals surface area (Å²) in [5, 5.41) is 21.0. The van der Waals surface area contributed by atoms with Crippen LogP contribution in [0.25, 0.3) is 21.5 Å². The lowest BCUT2D eigenvalue weighted by Crippen LogP contribution is -1.97. The number of aliphatic hydroxyl groups is 1. The quantitative estimate of drug-likeness (QED) is 0.322. The number of benzene rings is 1. The zero-order chi connectivity index (χ0) is 16.4. The van der Waals surface area contributed by atoms with Gasteiger partial charge in [0.1, 0.15) is 22.3 Å². The average Bonchev–Trinajstić information content (AvgIpc) is 2.99. The third-order valence-electron chi connectivity index (χ3n) is 2.99. The topological polar surface area (TPSA) is 82.7 Å². The Morgan fingerprint density at radius 1 is 1.35 bits per heavy atom. The summed E-state index contributed by atoms with van der Waals surface area (Å²) in [6.07, 6.45) is 3.21. The molecule has 0 saturated carbocycles. The van der Waals surface area contributed by atoms with Crippen LogP contribution in [0.1, 0.15) is 10.7 Å². The van der Waals surface area contributed by atoms with Crippen molar-refractivity contribution in [3.8, 4) is 6.07 Å². The minimum atomic E-state index is -0.297. The molecule has 0 fully saturated rings. The van der Waals surface area contributed by atoms with Gasteiger partial charge in [-0.1, -0.05) is 35.5 Å². The molecule has 2 heterocycles. The second-order valence-electron chi connectivity index (χ2n) is 4.38. The van der Waals surface area contributed by atoms with E-state index in [0.717, 1.165) is 10.2 Å². The highest BCUT2D eigenvalue weighted by Gasteiger charge is 2.19. The molecular formula is C15H9ClN4OS2.